The van der Waals surface area contributed by atoms with Gasteiger partial charge in [-0.2, -0.15) is 5.10 Å². The van der Waals surface area contributed by atoms with Crippen LogP contribution in [0.25, 0.3) is 5.69 Å². The van der Waals surface area contributed by atoms with E-state index in [-0.39, 0.29) is 0 Å². The first-order valence-electron chi connectivity index (χ1n) is 6.07. The summed E-state index contributed by atoms with van der Waals surface area (Å²) in [5, 5.41) is 17.0. The van der Waals surface area contributed by atoms with E-state index in [0.29, 0.717) is 6.54 Å². The van der Waals surface area contributed by atoms with E-state index in [0.717, 1.165) is 12.2 Å². The number of aliphatic hydroxyl groups is 1. The predicted molar refractivity (Wildman–Crippen MR) is 71.6 cm³/mol. The molecule has 4 nitrogen and oxygen atoms in total. The molecule has 0 amide bonds. The molecule has 0 atom stereocenters. The Morgan fingerprint density at radius 1 is 1.28 bits per heavy atom. The van der Waals surface area contributed by atoms with Crippen LogP contribution in [0.2, 0.25) is 0 Å². The number of aromatic nitrogens is 2. The molecule has 4 heteroatoms. The van der Waals surface area contributed by atoms with Crippen molar-refractivity contribution in [3.8, 4) is 5.69 Å². The molecule has 0 aliphatic heterocycles. The average Bonchev–Trinajstić information content (AvgIpc) is 2.82. The van der Waals surface area contributed by atoms with Gasteiger partial charge in [0.05, 0.1) is 11.3 Å². The fourth-order valence-electron chi connectivity index (χ4n) is 1.70. The van der Waals surface area contributed by atoms with E-state index in [1.54, 1.807) is 20.0 Å². The Balaban J connectivity index is 1.92. The molecule has 0 fully saturated rings. The van der Waals surface area contributed by atoms with Crippen molar-refractivity contribution < 1.29 is 5.11 Å². The molecule has 0 unspecified atom stereocenters. The lowest BCUT2D eigenvalue weighted by Gasteiger charge is -2.17. The monoisotopic (exact) mass is 245 g/mol. The Morgan fingerprint density at radius 3 is 2.56 bits per heavy atom. The highest BCUT2D eigenvalue weighted by molar-refractivity contribution is 5.33. The van der Waals surface area contributed by atoms with Gasteiger partial charge in [0.15, 0.2) is 0 Å². The van der Waals surface area contributed by atoms with E-state index in [1.165, 1.54) is 5.56 Å². The molecule has 18 heavy (non-hydrogen) atoms. The lowest BCUT2D eigenvalue weighted by molar-refractivity contribution is 0.0795. The van der Waals surface area contributed by atoms with Crippen molar-refractivity contribution in [2.75, 3.05) is 6.54 Å². The van der Waals surface area contributed by atoms with Gasteiger partial charge in [0, 0.05) is 25.5 Å². The maximum Gasteiger partial charge on any atom is 0.0715 e. The molecule has 96 valence electrons. The third-order valence-electron chi connectivity index (χ3n) is 2.59. The van der Waals surface area contributed by atoms with Crippen LogP contribution in [-0.4, -0.2) is 27.0 Å². The first-order chi connectivity index (χ1) is 8.54. The van der Waals surface area contributed by atoms with E-state index < -0.39 is 5.60 Å². The van der Waals surface area contributed by atoms with Gasteiger partial charge >= 0.3 is 0 Å². The van der Waals surface area contributed by atoms with Crippen LogP contribution in [0.4, 0.5) is 0 Å². The Morgan fingerprint density at radius 2 is 2.00 bits per heavy atom. The molecule has 0 saturated heterocycles. The van der Waals surface area contributed by atoms with Gasteiger partial charge in [-0.3, -0.25) is 0 Å². The lowest BCUT2D eigenvalue weighted by Crippen LogP contribution is -2.34. The zero-order chi connectivity index (χ0) is 13.0. The van der Waals surface area contributed by atoms with Gasteiger partial charge in [0.1, 0.15) is 0 Å². The number of hydrogen-bond acceptors (Lipinski definition) is 3. The molecule has 1 aromatic carbocycles. The highest BCUT2D eigenvalue weighted by Crippen LogP contribution is 2.08. The summed E-state index contributed by atoms with van der Waals surface area (Å²) < 4.78 is 1.83. The van der Waals surface area contributed by atoms with Gasteiger partial charge in [0.2, 0.25) is 0 Å². The second-order valence-corrected chi connectivity index (χ2v) is 5.03. The Kier molecular flexibility index (Phi) is 3.79. The Labute approximate surface area is 107 Å². The molecule has 0 bridgehead atoms. The van der Waals surface area contributed by atoms with Crippen molar-refractivity contribution in [2.45, 2.75) is 26.0 Å². The Hall–Kier alpha value is -1.65. The highest BCUT2D eigenvalue weighted by atomic mass is 16.3. The van der Waals surface area contributed by atoms with Crippen LogP contribution < -0.4 is 5.32 Å². The van der Waals surface area contributed by atoms with Crippen LogP contribution in [0.1, 0.15) is 19.4 Å². The van der Waals surface area contributed by atoms with Gasteiger partial charge in [-0.15, -0.1) is 0 Å². The van der Waals surface area contributed by atoms with Crippen LogP contribution in [-0.2, 0) is 6.54 Å². The van der Waals surface area contributed by atoms with Crippen LogP contribution >= 0.6 is 0 Å². The summed E-state index contributed by atoms with van der Waals surface area (Å²) in [4.78, 5) is 0. The average molecular weight is 245 g/mol. The first-order valence-corrected chi connectivity index (χ1v) is 6.07. The van der Waals surface area contributed by atoms with Crippen molar-refractivity contribution in [3.63, 3.8) is 0 Å². The summed E-state index contributed by atoms with van der Waals surface area (Å²) in [6.07, 6.45) is 3.68. The molecule has 0 saturated carbocycles. The summed E-state index contributed by atoms with van der Waals surface area (Å²) in [7, 11) is 0. The van der Waals surface area contributed by atoms with Gasteiger partial charge < -0.3 is 10.4 Å². The number of benzene rings is 1. The summed E-state index contributed by atoms with van der Waals surface area (Å²) in [5.74, 6) is 0. The fourth-order valence-corrected chi connectivity index (χ4v) is 1.70. The zero-order valence-corrected chi connectivity index (χ0v) is 10.8. The number of nitrogens with one attached hydrogen (secondary N) is 1. The van der Waals surface area contributed by atoms with Crippen LogP contribution in [0.5, 0.6) is 0 Å². The van der Waals surface area contributed by atoms with Crippen LogP contribution in [0, 0.1) is 0 Å². The second kappa shape index (κ2) is 5.33. The largest absolute Gasteiger partial charge is 0.389 e. The van der Waals surface area contributed by atoms with Crippen LogP contribution in [0.15, 0.2) is 42.7 Å². The van der Waals surface area contributed by atoms with E-state index in [9.17, 15) is 5.11 Å². The number of nitrogens with zero attached hydrogens (tertiary/aromatic N) is 2. The molecular formula is C14H19N3O. The highest BCUT2D eigenvalue weighted by Gasteiger charge is 2.10. The molecule has 2 N–H and O–H groups in total. The summed E-state index contributed by atoms with van der Waals surface area (Å²) in [5.41, 5.74) is 1.57. The molecule has 0 spiro atoms. The second-order valence-electron chi connectivity index (χ2n) is 5.03. The van der Waals surface area contributed by atoms with E-state index in [1.807, 2.05) is 29.1 Å². The summed E-state index contributed by atoms with van der Waals surface area (Å²) in [6, 6.07) is 10.1. The van der Waals surface area contributed by atoms with Gasteiger partial charge in [-0.25, -0.2) is 4.68 Å². The van der Waals surface area contributed by atoms with Crippen LogP contribution in [0.3, 0.4) is 0 Å². The lowest BCUT2D eigenvalue weighted by atomic mass is 10.1. The maximum atomic E-state index is 9.59. The minimum Gasteiger partial charge on any atom is -0.389 e. The predicted octanol–water partition coefficient (Wildman–Crippen LogP) is 1.73. The van der Waals surface area contributed by atoms with E-state index in [2.05, 4.69) is 22.5 Å². The van der Waals surface area contributed by atoms with Gasteiger partial charge in [-0.1, -0.05) is 12.1 Å². The third kappa shape index (κ3) is 3.68. The summed E-state index contributed by atoms with van der Waals surface area (Å²) in [6.45, 7) is 4.92. The maximum absolute atomic E-state index is 9.59. The molecule has 1 aromatic heterocycles. The molecule has 1 heterocycles. The van der Waals surface area contributed by atoms with Gasteiger partial charge in [0.25, 0.3) is 0 Å². The third-order valence-corrected chi connectivity index (χ3v) is 2.59. The number of hydrogen-bond donors (Lipinski definition) is 2. The quantitative estimate of drug-likeness (QED) is 0.843. The molecule has 2 aromatic rings. The molecule has 2 rings (SSSR count). The molecular weight excluding hydrogens is 226 g/mol. The van der Waals surface area contributed by atoms with E-state index >= 15 is 0 Å². The standard InChI is InChI=1S/C14H19N3O/c1-14(2,18)11-15-10-12-4-6-13(7-5-12)17-9-3-8-16-17/h3-9,15,18H,10-11H2,1-2H3. The topological polar surface area (TPSA) is 50.1 Å². The van der Waals surface area contributed by atoms with Crippen molar-refractivity contribution in [1.82, 2.24) is 15.1 Å². The first kappa shape index (κ1) is 12.8. The summed E-state index contributed by atoms with van der Waals surface area (Å²) >= 11 is 0. The molecule has 0 radical (unpaired) electrons. The Bertz CT molecular complexity index is 469. The van der Waals surface area contributed by atoms with Crippen molar-refractivity contribution in [1.29, 1.82) is 0 Å². The zero-order valence-electron chi connectivity index (χ0n) is 10.8. The molecule has 0 aliphatic carbocycles. The minimum atomic E-state index is -0.672. The SMILES string of the molecule is CC(C)(O)CNCc1ccc(-n2cccn2)cc1. The normalized spacial score (nSPS) is 11.7. The van der Waals surface area contributed by atoms with Crippen molar-refractivity contribution >= 4 is 0 Å². The number of rotatable bonds is 5. The minimum absolute atomic E-state index is 0.577. The van der Waals surface area contributed by atoms with Gasteiger partial charge in [-0.05, 0) is 37.6 Å². The smallest absolute Gasteiger partial charge is 0.0715 e. The fraction of sp³-hybridized carbons (Fsp3) is 0.357. The molecule has 0 aliphatic rings. The van der Waals surface area contributed by atoms with Crippen molar-refractivity contribution in [2.24, 2.45) is 0 Å². The van der Waals surface area contributed by atoms with E-state index in [4.69, 9.17) is 0 Å². The van der Waals surface area contributed by atoms with Crippen molar-refractivity contribution in [3.05, 3.63) is 48.3 Å².